The van der Waals surface area contributed by atoms with Crippen molar-refractivity contribution in [3.05, 3.63) is 73.1 Å². The van der Waals surface area contributed by atoms with E-state index in [4.69, 9.17) is 14.5 Å². The summed E-state index contributed by atoms with van der Waals surface area (Å²) in [5.41, 5.74) is 2.74. The minimum absolute atomic E-state index is 0.761. The second-order valence-corrected chi connectivity index (χ2v) is 5.40. The molecule has 0 saturated carbocycles. The lowest BCUT2D eigenvalue weighted by Crippen LogP contribution is -1.92. The summed E-state index contributed by atoms with van der Waals surface area (Å²) in [6, 6.07) is 19.7. The summed E-state index contributed by atoms with van der Waals surface area (Å²) in [7, 11) is 1.65. The summed E-state index contributed by atoms with van der Waals surface area (Å²) < 4.78 is 11.4. The van der Waals surface area contributed by atoms with Crippen LogP contribution in [0.15, 0.2) is 73.1 Å². The van der Waals surface area contributed by atoms with Crippen molar-refractivity contribution in [1.82, 2.24) is 9.97 Å². The predicted octanol–water partition coefficient (Wildman–Crippen LogP) is 5.03. The molecule has 0 amide bonds. The second-order valence-electron chi connectivity index (χ2n) is 5.40. The van der Waals surface area contributed by atoms with Gasteiger partial charge in [-0.1, -0.05) is 30.3 Å². The third-order valence-electron chi connectivity index (χ3n) is 3.85. The van der Waals surface area contributed by atoms with Gasteiger partial charge in [0, 0.05) is 35.5 Å². The highest BCUT2D eigenvalue weighted by Gasteiger charge is 2.11. The van der Waals surface area contributed by atoms with E-state index >= 15 is 0 Å². The summed E-state index contributed by atoms with van der Waals surface area (Å²) in [6.45, 7) is 0. The molecule has 0 spiro atoms. The van der Waals surface area contributed by atoms with Gasteiger partial charge in [0.25, 0.3) is 0 Å². The number of aromatic nitrogens is 2. The lowest BCUT2D eigenvalue weighted by molar-refractivity contribution is 0.415. The molecule has 24 heavy (non-hydrogen) atoms. The molecule has 0 aliphatic rings. The number of H-pyrrole nitrogens is 1. The molecule has 2 aromatic heterocycles. The van der Waals surface area contributed by atoms with E-state index in [9.17, 15) is 0 Å². The van der Waals surface area contributed by atoms with Gasteiger partial charge < -0.3 is 14.5 Å². The number of methoxy groups -OCH3 is 1. The highest BCUT2D eigenvalue weighted by molar-refractivity contribution is 5.89. The fourth-order valence-electron chi connectivity index (χ4n) is 2.64. The first-order valence-corrected chi connectivity index (χ1v) is 7.68. The van der Waals surface area contributed by atoms with E-state index in [1.807, 2.05) is 73.1 Å². The van der Waals surface area contributed by atoms with Gasteiger partial charge >= 0.3 is 0 Å². The molecule has 0 saturated heterocycles. The average molecular weight is 316 g/mol. The SMILES string of the molecule is COc1ccc2c(Oc3cc[nH]c3)cc(-c3ccccc3)nc2c1. The number of hydrogen-bond donors (Lipinski definition) is 1. The molecular formula is C20H16N2O2. The number of ether oxygens (including phenoxy) is 2. The van der Waals surface area contributed by atoms with Crippen LogP contribution in [-0.4, -0.2) is 17.1 Å². The van der Waals surface area contributed by atoms with Gasteiger partial charge in [0.15, 0.2) is 0 Å². The van der Waals surface area contributed by atoms with E-state index in [-0.39, 0.29) is 0 Å². The van der Waals surface area contributed by atoms with Crippen molar-refractivity contribution >= 4 is 10.9 Å². The standard InChI is InChI=1S/C20H16N2O2/c1-23-15-7-8-17-19(11-15)22-18(14-5-3-2-4-6-14)12-20(17)24-16-9-10-21-13-16/h2-13,21H,1H3. The van der Waals surface area contributed by atoms with Crippen LogP contribution in [0.25, 0.3) is 22.2 Å². The average Bonchev–Trinajstić information content (AvgIpc) is 3.15. The monoisotopic (exact) mass is 316 g/mol. The lowest BCUT2D eigenvalue weighted by Gasteiger charge is -2.11. The number of nitrogens with zero attached hydrogens (tertiary/aromatic N) is 1. The zero-order valence-electron chi connectivity index (χ0n) is 13.2. The summed E-state index contributed by atoms with van der Waals surface area (Å²) in [6.07, 6.45) is 3.65. The maximum atomic E-state index is 6.06. The number of rotatable bonds is 4. The van der Waals surface area contributed by atoms with Crippen molar-refractivity contribution in [2.75, 3.05) is 7.11 Å². The zero-order valence-corrected chi connectivity index (χ0v) is 13.2. The molecule has 2 aromatic carbocycles. The van der Waals surface area contributed by atoms with Gasteiger partial charge in [-0.3, -0.25) is 0 Å². The minimum atomic E-state index is 0.761. The smallest absolute Gasteiger partial charge is 0.144 e. The number of pyridine rings is 1. The van der Waals surface area contributed by atoms with Crippen molar-refractivity contribution in [3.8, 4) is 28.5 Å². The van der Waals surface area contributed by atoms with Crippen LogP contribution >= 0.6 is 0 Å². The first-order chi connectivity index (χ1) is 11.8. The Balaban J connectivity index is 1.90. The molecule has 0 radical (unpaired) electrons. The quantitative estimate of drug-likeness (QED) is 0.574. The number of benzene rings is 2. The maximum Gasteiger partial charge on any atom is 0.144 e. The van der Waals surface area contributed by atoms with Crippen LogP contribution in [0.3, 0.4) is 0 Å². The third kappa shape index (κ3) is 2.70. The molecule has 2 heterocycles. The molecule has 0 unspecified atom stereocenters. The van der Waals surface area contributed by atoms with Crippen LogP contribution in [0.4, 0.5) is 0 Å². The zero-order chi connectivity index (χ0) is 16.4. The maximum absolute atomic E-state index is 6.06. The molecule has 0 aliphatic heterocycles. The molecule has 4 heteroatoms. The van der Waals surface area contributed by atoms with Gasteiger partial charge in [0.05, 0.1) is 18.3 Å². The molecule has 0 bridgehead atoms. The van der Waals surface area contributed by atoms with E-state index in [0.29, 0.717) is 0 Å². The number of aromatic amines is 1. The predicted molar refractivity (Wildman–Crippen MR) is 94.6 cm³/mol. The van der Waals surface area contributed by atoms with Crippen molar-refractivity contribution in [1.29, 1.82) is 0 Å². The highest BCUT2D eigenvalue weighted by Crippen LogP contribution is 2.34. The van der Waals surface area contributed by atoms with Crippen LogP contribution < -0.4 is 9.47 Å². The fraction of sp³-hybridized carbons (Fsp3) is 0.0500. The topological polar surface area (TPSA) is 47.1 Å². The molecule has 4 rings (SSSR count). The molecule has 0 aliphatic carbocycles. The van der Waals surface area contributed by atoms with Gasteiger partial charge in [-0.2, -0.15) is 0 Å². The molecule has 0 fully saturated rings. The van der Waals surface area contributed by atoms with E-state index in [1.165, 1.54) is 0 Å². The van der Waals surface area contributed by atoms with Crippen LogP contribution in [0.5, 0.6) is 17.2 Å². The largest absolute Gasteiger partial charge is 0.497 e. The Morgan fingerprint density at radius 3 is 2.54 bits per heavy atom. The normalized spacial score (nSPS) is 10.7. The van der Waals surface area contributed by atoms with Crippen LogP contribution in [0.2, 0.25) is 0 Å². The van der Waals surface area contributed by atoms with Gasteiger partial charge in [-0.25, -0.2) is 4.98 Å². The van der Waals surface area contributed by atoms with Crippen molar-refractivity contribution < 1.29 is 9.47 Å². The Morgan fingerprint density at radius 1 is 0.917 bits per heavy atom. The second kappa shape index (κ2) is 6.08. The van der Waals surface area contributed by atoms with Crippen molar-refractivity contribution in [2.24, 2.45) is 0 Å². The van der Waals surface area contributed by atoms with Gasteiger partial charge in [0.1, 0.15) is 17.2 Å². The molecule has 118 valence electrons. The van der Waals surface area contributed by atoms with Crippen molar-refractivity contribution in [2.45, 2.75) is 0 Å². The van der Waals surface area contributed by atoms with Gasteiger partial charge in [-0.15, -0.1) is 0 Å². The van der Waals surface area contributed by atoms with Gasteiger partial charge in [-0.05, 0) is 18.2 Å². The summed E-state index contributed by atoms with van der Waals surface area (Å²) in [5, 5.41) is 0.941. The van der Waals surface area contributed by atoms with Crippen LogP contribution in [-0.2, 0) is 0 Å². The molecular weight excluding hydrogens is 300 g/mol. The summed E-state index contributed by atoms with van der Waals surface area (Å²) >= 11 is 0. The van der Waals surface area contributed by atoms with Crippen LogP contribution in [0.1, 0.15) is 0 Å². The summed E-state index contributed by atoms with van der Waals surface area (Å²) in [4.78, 5) is 7.78. The molecule has 0 atom stereocenters. The first kappa shape index (κ1) is 14.3. The first-order valence-electron chi connectivity index (χ1n) is 7.68. The van der Waals surface area contributed by atoms with E-state index in [0.717, 1.165) is 39.4 Å². The summed E-state index contributed by atoms with van der Waals surface area (Å²) in [5.74, 6) is 2.30. The van der Waals surface area contributed by atoms with E-state index in [1.54, 1.807) is 7.11 Å². The number of hydrogen-bond acceptors (Lipinski definition) is 3. The Labute approximate surface area is 139 Å². The Bertz CT molecular complexity index is 964. The minimum Gasteiger partial charge on any atom is -0.497 e. The molecule has 4 aromatic rings. The Morgan fingerprint density at radius 2 is 1.79 bits per heavy atom. The fourth-order valence-corrected chi connectivity index (χ4v) is 2.64. The third-order valence-corrected chi connectivity index (χ3v) is 3.85. The van der Waals surface area contributed by atoms with Crippen molar-refractivity contribution in [3.63, 3.8) is 0 Å². The number of nitrogens with one attached hydrogen (secondary N) is 1. The Hall–Kier alpha value is -3.27. The van der Waals surface area contributed by atoms with E-state index < -0.39 is 0 Å². The van der Waals surface area contributed by atoms with E-state index in [2.05, 4.69) is 4.98 Å². The highest BCUT2D eigenvalue weighted by atomic mass is 16.5. The van der Waals surface area contributed by atoms with Gasteiger partial charge in [0.2, 0.25) is 0 Å². The number of fused-ring (bicyclic) bond motifs is 1. The lowest BCUT2D eigenvalue weighted by atomic mass is 10.1. The molecule has 4 nitrogen and oxygen atoms in total. The van der Waals surface area contributed by atoms with Crippen LogP contribution in [0, 0.1) is 0 Å². The Kier molecular flexibility index (Phi) is 3.63. The molecule has 1 N–H and O–H groups in total.